The highest BCUT2D eigenvalue weighted by atomic mass is 19.3. The number of aromatic nitrogens is 1. The molecule has 0 aliphatic carbocycles. The number of carbonyl (C=O) groups is 1. The number of nitrogens with two attached hydrogens (primary N) is 1. The van der Waals surface area contributed by atoms with Gasteiger partial charge in [0.1, 0.15) is 5.82 Å². The molecule has 0 fully saturated rings. The molecule has 0 unspecified atom stereocenters. The van der Waals surface area contributed by atoms with E-state index < -0.39 is 29.1 Å². The fourth-order valence-corrected chi connectivity index (χ4v) is 0.984. The third-order valence-corrected chi connectivity index (χ3v) is 1.54. The van der Waals surface area contributed by atoms with E-state index in [9.17, 15) is 18.4 Å². The fraction of sp³-hybridized carbons (Fsp3) is 0.143. The lowest BCUT2D eigenvalue weighted by Crippen LogP contribution is -2.20. The molecule has 0 saturated heterocycles. The number of halogens is 2. The van der Waals surface area contributed by atoms with Crippen LogP contribution >= 0.6 is 0 Å². The lowest BCUT2D eigenvalue weighted by atomic mass is 10.1. The Bertz CT molecular complexity index is 427. The van der Waals surface area contributed by atoms with Crippen LogP contribution in [0.3, 0.4) is 0 Å². The highest BCUT2D eigenvalue weighted by Crippen LogP contribution is 2.19. The van der Waals surface area contributed by atoms with E-state index in [4.69, 9.17) is 10.8 Å². The van der Waals surface area contributed by atoms with Crippen LogP contribution in [0.2, 0.25) is 0 Å². The number of pyridine rings is 1. The van der Waals surface area contributed by atoms with E-state index in [0.717, 1.165) is 6.07 Å². The fourth-order valence-electron chi connectivity index (χ4n) is 0.984. The van der Waals surface area contributed by atoms with Crippen LogP contribution in [0.25, 0.3) is 0 Å². The van der Waals surface area contributed by atoms with Gasteiger partial charge >= 0.3 is 5.97 Å². The molecule has 1 heterocycles. The highest BCUT2D eigenvalue weighted by molar-refractivity contribution is 5.90. The lowest BCUT2D eigenvalue weighted by molar-refractivity contribution is 0.0683. The Morgan fingerprint density at radius 2 is 2.14 bits per heavy atom. The Hall–Kier alpha value is -1.92. The molecule has 0 radical (unpaired) electrons. The standard InChI is InChI=1S/C7H6F2N2O3/c8-5(9)4-2(7(13)14)1-3(10)11-6(4)12/h1,5H,(H,13,14)(H3,10,11,12). The van der Waals surface area contributed by atoms with Crippen LogP contribution in [-0.2, 0) is 0 Å². The van der Waals surface area contributed by atoms with E-state index in [1.807, 2.05) is 4.98 Å². The van der Waals surface area contributed by atoms with Crippen molar-refractivity contribution < 1.29 is 18.7 Å². The number of alkyl halides is 2. The molecule has 1 aromatic rings. The Morgan fingerprint density at radius 3 is 2.57 bits per heavy atom. The summed E-state index contributed by atoms with van der Waals surface area (Å²) in [5.74, 6) is -1.88. The quantitative estimate of drug-likeness (QED) is 0.656. The van der Waals surface area contributed by atoms with E-state index in [1.54, 1.807) is 0 Å². The van der Waals surface area contributed by atoms with Crippen molar-refractivity contribution in [2.75, 3.05) is 5.73 Å². The molecule has 4 N–H and O–H groups in total. The third kappa shape index (κ3) is 1.70. The van der Waals surface area contributed by atoms with Crippen molar-refractivity contribution >= 4 is 11.8 Å². The van der Waals surface area contributed by atoms with Gasteiger partial charge in [0.05, 0.1) is 11.1 Å². The molecule has 5 nitrogen and oxygen atoms in total. The minimum absolute atomic E-state index is 0.267. The zero-order valence-electron chi connectivity index (χ0n) is 6.75. The summed E-state index contributed by atoms with van der Waals surface area (Å²) in [5, 5.41) is 8.52. The Kier molecular flexibility index (Phi) is 2.50. The van der Waals surface area contributed by atoms with Crippen LogP contribution in [0.5, 0.6) is 0 Å². The maximum atomic E-state index is 12.3. The van der Waals surface area contributed by atoms with Crippen molar-refractivity contribution in [3.8, 4) is 0 Å². The number of carboxylic acid groups (broad SMARTS) is 1. The summed E-state index contributed by atoms with van der Waals surface area (Å²) in [6.45, 7) is 0. The first-order valence-corrected chi connectivity index (χ1v) is 3.47. The molecule has 14 heavy (non-hydrogen) atoms. The second-order valence-corrected chi connectivity index (χ2v) is 2.49. The maximum Gasteiger partial charge on any atom is 0.336 e. The summed E-state index contributed by atoms with van der Waals surface area (Å²) in [6, 6.07) is 0.783. The number of nitrogens with one attached hydrogen (secondary N) is 1. The number of anilines is 1. The van der Waals surface area contributed by atoms with Crippen molar-refractivity contribution in [3.63, 3.8) is 0 Å². The van der Waals surface area contributed by atoms with Gasteiger partial charge in [-0.05, 0) is 6.07 Å². The normalized spacial score (nSPS) is 10.5. The number of H-pyrrole nitrogens is 1. The smallest absolute Gasteiger partial charge is 0.336 e. The van der Waals surface area contributed by atoms with E-state index in [-0.39, 0.29) is 5.82 Å². The minimum Gasteiger partial charge on any atom is -0.478 e. The van der Waals surface area contributed by atoms with Crippen LogP contribution in [0, 0.1) is 0 Å². The highest BCUT2D eigenvalue weighted by Gasteiger charge is 2.22. The number of hydrogen-bond acceptors (Lipinski definition) is 3. The molecular weight excluding hydrogens is 198 g/mol. The van der Waals surface area contributed by atoms with Crippen LogP contribution in [-0.4, -0.2) is 16.1 Å². The second kappa shape index (κ2) is 3.44. The first-order chi connectivity index (χ1) is 6.43. The summed E-state index contributed by atoms with van der Waals surface area (Å²) < 4.78 is 24.5. The molecule has 1 rings (SSSR count). The molecular formula is C7H6F2N2O3. The third-order valence-electron chi connectivity index (χ3n) is 1.54. The van der Waals surface area contributed by atoms with Crippen molar-refractivity contribution in [1.82, 2.24) is 4.98 Å². The summed E-state index contributed by atoms with van der Waals surface area (Å²) in [6.07, 6.45) is -3.15. The maximum absolute atomic E-state index is 12.3. The number of aromatic carboxylic acids is 1. The number of nitrogen functional groups attached to an aromatic ring is 1. The molecule has 0 amide bonds. The van der Waals surface area contributed by atoms with E-state index >= 15 is 0 Å². The molecule has 1 aromatic heterocycles. The summed E-state index contributed by atoms with van der Waals surface area (Å²) >= 11 is 0. The van der Waals surface area contributed by atoms with Crippen molar-refractivity contribution in [1.29, 1.82) is 0 Å². The topological polar surface area (TPSA) is 96.2 Å². The monoisotopic (exact) mass is 204 g/mol. The van der Waals surface area contributed by atoms with Gasteiger partial charge in [-0.3, -0.25) is 4.79 Å². The Labute approximate surface area is 76.2 Å². The second-order valence-electron chi connectivity index (χ2n) is 2.49. The average molecular weight is 204 g/mol. The van der Waals surface area contributed by atoms with Gasteiger partial charge in [0, 0.05) is 0 Å². The summed E-state index contributed by atoms with van der Waals surface area (Å²) in [4.78, 5) is 23.3. The zero-order chi connectivity index (χ0) is 10.9. The Morgan fingerprint density at radius 1 is 1.57 bits per heavy atom. The molecule has 0 saturated carbocycles. The molecule has 0 aliphatic rings. The molecule has 0 bridgehead atoms. The lowest BCUT2D eigenvalue weighted by Gasteiger charge is -2.04. The van der Waals surface area contributed by atoms with Crippen LogP contribution in [0.15, 0.2) is 10.9 Å². The molecule has 0 aliphatic heterocycles. The first-order valence-electron chi connectivity index (χ1n) is 3.47. The van der Waals surface area contributed by atoms with E-state index in [0.29, 0.717) is 0 Å². The van der Waals surface area contributed by atoms with E-state index in [2.05, 4.69) is 0 Å². The van der Waals surface area contributed by atoms with Crippen molar-refractivity contribution in [2.24, 2.45) is 0 Å². The van der Waals surface area contributed by atoms with Gasteiger partial charge in [0.25, 0.3) is 12.0 Å². The predicted molar refractivity (Wildman–Crippen MR) is 43.4 cm³/mol. The average Bonchev–Trinajstić information content (AvgIpc) is 2.01. The van der Waals surface area contributed by atoms with Gasteiger partial charge in [-0.15, -0.1) is 0 Å². The number of aromatic amines is 1. The molecule has 0 atom stereocenters. The van der Waals surface area contributed by atoms with Crippen molar-refractivity contribution in [3.05, 3.63) is 27.5 Å². The van der Waals surface area contributed by atoms with Crippen LogP contribution < -0.4 is 11.3 Å². The van der Waals surface area contributed by atoms with Gasteiger partial charge in [-0.2, -0.15) is 0 Å². The van der Waals surface area contributed by atoms with Gasteiger partial charge in [-0.1, -0.05) is 0 Å². The molecule has 0 aromatic carbocycles. The van der Waals surface area contributed by atoms with Gasteiger partial charge in [-0.25, -0.2) is 13.6 Å². The van der Waals surface area contributed by atoms with Crippen LogP contribution in [0.1, 0.15) is 22.3 Å². The van der Waals surface area contributed by atoms with Crippen molar-refractivity contribution in [2.45, 2.75) is 6.43 Å². The summed E-state index contributed by atoms with van der Waals surface area (Å²) in [5.41, 5.74) is 2.07. The van der Waals surface area contributed by atoms with Gasteiger partial charge in [0.2, 0.25) is 0 Å². The molecule has 76 valence electrons. The SMILES string of the molecule is Nc1cc(C(=O)O)c(C(F)F)c(=O)[nH]1. The van der Waals surface area contributed by atoms with Gasteiger partial charge < -0.3 is 15.8 Å². The molecule has 7 heteroatoms. The number of rotatable bonds is 2. The predicted octanol–water partition coefficient (Wildman–Crippen LogP) is 0.593. The minimum atomic E-state index is -3.15. The summed E-state index contributed by atoms with van der Waals surface area (Å²) in [7, 11) is 0. The van der Waals surface area contributed by atoms with Gasteiger partial charge in [0.15, 0.2) is 0 Å². The first kappa shape index (κ1) is 10.2. The number of carboxylic acids is 1. The Balaban J connectivity index is 3.53. The molecule has 0 spiro atoms. The number of hydrogen-bond donors (Lipinski definition) is 3. The van der Waals surface area contributed by atoms with Crippen LogP contribution in [0.4, 0.5) is 14.6 Å². The largest absolute Gasteiger partial charge is 0.478 e. The zero-order valence-corrected chi connectivity index (χ0v) is 6.75. The van der Waals surface area contributed by atoms with E-state index in [1.165, 1.54) is 0 Å².